The zero-order valence-electron chi connectivity index (χ0n) is 13.6. The van der Waals surface area contributed by atoms with Gasteiger partial charge in [-0.25, -0.2) is 14.4 Å². The summed E-state index contributed by atoms with van der Waals surface area (Å²) in [6, 6.07) is 9.44. The molecular weight excluding hydrogens is 312 g/mol. The molecule has 0 aliphatic carbocycles. The number of cyclic esters (lactones) is 2. The lowest BCUT2D eigenvalue weighted by Gasteiger charge is -2.40. The van der Waals surface area contributed by atoms with Crippen LogP contribution in [0.3, 0.4) is 0 Å². The van der Waals surface area contributed by atoms with Gasteiger partial charge in [0, 0.05) is 19.6 Å². The fourth-order valence-electron chi connectivity index (χ4n) is 3.29. The Balaban J connectivity index is 1.57. The Kier molecular flexibility index (Phi) is 4.42. The number of rotatable bonds is 3. The maximum atomic E-state index is 12.2. The molecule has 3 rings (SSSR count). The summed E-state index contributed by atoms with van der Waals surface area (Å²) in [5.74, 6) is -0.508. The molecule has 2 amide bonds. The number of likely N-dealkylation sites (N-methyl/N-ethyl adjacent to an activating group) is 1. The van der Waals surface area contributed by atoms with Crippen LogP contribution in [-0.2, 0) is 20.9 Å². The van der Waals surface area contributed by atoms with Gasteiger partial charge in [-0.3, -0.25) is 4.90 Å². The predicted octanol–water partition coefficient (Wildman–Crippen LogP) is 2.16. The molecule has 2 fully saturated rings. The molecular formula is C17H20N2O5. The summed E-state index contributed by atoms with van der Waals surface area (Å²) < 4.78 is 10.1. The van der Waals surface area contributed by atoms with E-state index >= 15 is 0 Å². The molecule has 0 N–H and O–H groups in total. The van der Waals surface area contributed by atoms with E-state index in [0.29, 0.717) is 32.5 Å². The summed E-state index contributed by atoms with van der Waals surface area (Å²) in [6.45, 7) is 3.13. The third kappa shape index (κ3) is 2.81. The van der Waals surface area contributed by atoms with Gasteiger partial charge in [0.1, 0.15) is 12.1 Å². The van der Waals surface area contributed by atoms with E-state index in [1.165, 1.54) is 4.90 Å². The second kappa shape index (κ2) is 6.51. The number of benzene rings is 1. The van der Waals surface area contributed by atoms with Crippen molar-refractivity contribution in [2.24, 2.45) is 0 Å². The van der Waals surface area contributed by atoms with Crippen molar-refractivity contribution in [2.45, 2.75) is 31.9 Å². The first-order chi connectivity index (χ1) is 11.6. The van der Waals surface area contributed by atoms with E-state index in [1.807, 2.05) is 37.3 Å². The van der Waals surface area contributed by atoms with Crippen LogP contribution in [0.1, 0.15) is 25.3 Å². The number of esters is 1. The predicted molar refractivity (Wildman–Crippen MR) is 84.0 cm³/mol. The van der Waals surface area contributed by atoms with Crippen LogP contribution in [-0.4, -0.2) is 53.1 Å². The van der Waals surface area contributed by atoms with Gasteiger partial charge in [-0.05, 0) is 25.3 Å². The number of likely N-dealkylation sites (tertiary alicyclic amines) is 1. The number of carbonyl (C=O) groups is 3. The van der Waals surface area contributed by atoms with Crippen molar-refractivity contribution >= 4 is 18.2 Å². The number of ether oxygens (including phenoxy) is 2. The highest BCUT2D eigenvalue weighted by atomic mass is 16.6. The molecule has 2 aliphatic heterocycles. The normalized spacial score (nSPS) is 19.5. The Morgan fingerprint density at radius 3 is 2.50 bits per heavy atom. The van der Waals surface area contributed by atoms with E-state index in [9.17, 15) is 14.4 Å². The molecule has 0 radical (unpaired) electrons. The van der Waals surface area contributed by atoms with Gasteiger partial charge in [-0.1, -0.05) is 30.3 Å². The third-order valence-electron chi connectivity index (χ3n) is 4.67. The van der Waals surface area contributed by atoms with E-state index in [2.05, 4.69) is 0 Å². The molecule has 0 saturated carbocycles. The maximum absolute atomic E-state index is 12.2. The second-order valence-electron chi connectivity index (χ2n) is 5.96. The lowest BCUT2D eigenvalue weighted by molar-refractivity contribution is -0.142. The molecule has 1 spiro atoms. The lowest BCUT2D eigenvalue weighted by Crippen LogP contribution is -2.57. The number of nitrogens with zero attached hydrogens (tertiary/aromatic N) is 2. The Hall–Kier alpha value is -2.57. The molecule has 0 atom stereocenters. The monoisotopic (exact) mass is 332 g/mol. The summed E-state index contributed by atoms with van der Waals surface area (Å²) in [7, 11) is 0. The minimum atomic E-state index is -0.929. The first kappa shape index (κ1) is 16.3. The van der Waals surface area contributed by atoms with Crippen molar-refractivity contribution in [3.8, 4) is 0 Å². The first-order valence-corrected chi connectivity index (χ1v) is 8.06. The minimum absolute atomic E-state index is 0.211. The Bertz CT molecular complexity index is 638. The van der Waals surface area contributed by atoms with Crippen LogP contribution >= 0.6 is 0 Å². The fourth-order valence-corrected chi connectivity index (χ4v) is 3.29. The maximum Gasteiger partial charge on any atom is 0.418 e. The van der Waals surface area contributed by atoms with Crippen molar-refractivity contribution in [1.29, 1.82) is 0 Å². The van der Waals surface area contributed by atoms with E-state index in [4.69, 9.17) is 9.47 Å². The van der Waals surface area contributed by atoms with Crippen LogP contribution in [0.5, 0.6) is 0 Å². The van der Waals surface area contributed by atoms with E-state index in [1.54, 1.807) is 4.90 Å². The number of piperidine rings is 1. The van der Waals surface area contributed by atoms with E-state index in [-0.39, 0.29) is 6.61 Å². The molecule has 2 heterocycles. The minimum Gasteiger partial charge on any atom is -0.445 e. The average molecular weight is 332 g/mol. The average Bonchev–Trinajstić information content (AvgIpc) is 2.83. The van der Waals surface area contributed by atoms with Crippen LogP contribution in [0.2, 0.25) is 0 Å². The highest BCUT2D eigenvalue weighted by molar-refractivity contribution is 5.99. The van der Waals surface area contributed by atoms with Gasteiger partial charge in [-0.15, -0.1) is 0 Å². The van der Waals surface area contributed by atoms with Crippen molar-refractivity contribution in [3.05, 3.63) is 35.9 Å². The molecule has 2 aliphatic rings. The van der Waals surface area contributed by atoms with Crippen LogP contribution in [0.4, 0.5) is 9.59 Å². The standard InChI is InChI=1S/C17H20N2O5/c1-2-19-16(22)24-14(20)17(19)8-10-18(11-9-17)15(21)23-12-13-6-4-3-5-7-13/h3-7H,2,8-12H2,1H3. The molecule has 7 heteroatoms. The van der Waals surface area contributed by atoms with Gasteiger partial charge in [0.15, 0.2) is 0 Å². The summed E-state index contributed by atoms with van der Waals surface area (Å²) in [6.07, 6.45) is -0.269. The number of hydrogen-bond donors (Lipinski definition) is 0. The number of hydrogen-bond acceptors (Lipinski definition) is 5. The van der Waals surface area contributed by atoms with Gasteiger partial charge in [-0.2, -0.15) is 0 Å². The zero-order valence-corrected chi connectivity index (χ0v) is 13.6. The summed E-state index contributed by atoms with van der Waals surface area (Å²) in [5.41, 5.74) is -0.0105. The highest BCUT2D eigenvalue weighted by Crippen LogP contribution is 2.35. The molecule has 128 valence electrons. The van der Waals surface area contributed by atoms with Crippen LogP contribution < -0.4 is 0 Å². The molecule has 0 aromatic heterocycles. The molecule has 1 aromatic rings. The number of amides is 2. The smallest absolute Gasteiger partial charge is 0.418 e. The van der Waals surface area contributed by atoms with Gasteiger partial charge in [0.05, 0.1) is 0 Å². The van der Waals surface area contributed by atoms with Crippen molar-refractivity contribution in [1.82, 2.24) is 9.80 Å². The highest BCUT2D eigenvalue weighted by Gasteiger charge is 2.56. The van der Waals surface area contributed by atoms with Crippen LogP contribution in [0.25, 0.3) is 0 Å². The third-order valence-corrected chi connectivity index (χ3v) is 4.67. The van der Waals surface area contributed by atoms with E-state index < -0.39 is 23.7 Å². The largest absolute Gasteiger partial charge is 0.445 e. The van der Waals surface area contributed by atoms with Crippen LogP contribution in [0.15, 0.2) is 30.3 Å². The Labute approximate surface area is 140 Å². The molecule has 0 bridgehead atoms. The van der Waals surface area contributed by atoms with Crippen molar-refractivity contribution in [3.63, 3.8) is 0 Å². The molecule has 1 aromatic carbocycles. The molecule has 24 heavy (non-hydrogen) atoms. The molecule has 7 nitrogen and oxygen atoms in total. The van der Waals surface area contributed by atoms with Gasteiger partial charge in [0.25, 0.3) is 0 Å². The topological polar surface area (TPSA) is 76.2 Å². The molecule has 0 unspecified atom stereocenters. The SMILES string of the molecule is CCN1C(=O)OC(=O)C12CCN(C(=O)OCc1ccccc1)CC2. The van der Waals surface area contributed by atoms with E-state index in [0.717, 1.165) is 5.56 Å². The summed E-state index contributed by atoms with van der Waals surface area (Å²) in [4.78, 5) is 39.0. The van der Waals surface area contributed by atoms with Gasteiger partial charge < -0.3 is 14.4 Å². The summed E-state index contributed by atoms with van der Waals surface area (Å²) >= 11 is 0. The first-order valence-electron chi connectivity index (χ1n) is 8.06. The Morgan fingerprint density at radius 1 is 1.21 bits per heavy atom. The molecule has 2 saturated heterocycles. The summed E-state index contributed by atoms with van der Waals surface area (Å²) in [5, 5.41) is 0. The quantitative estimate of drug-likeness (QED) is 0.626. The lowest BCUT2D eigenvalue weighted by atomic mass is 9.87. The van der Waals surface area contributed by atoms with Gasteiger partial charge in [0.2, 0.25) is 0 Å². The second-order valence-corrected chi connectivity index (χ2v) is 5.96. The Morgan fingerprint density at radius 2 is 1.88 bits per heavy atom. The van der Waals surface area contributed by atoms with Crippen LogP contribution in [0, 0.1) is 0 Å². The van der Waals surface area contributed by atoms with Crippen molar-refractivity contribution < 1.29 is 23.9 Å². The fraction of sp³-hybridized carbons (Fsp3) is 0.471. The van der Waals surface area contributed by atoms with Crippen molar-refractivity contribution in [2.75, 3.05) is 19.6 Å². The number of carbonyl (C=O) groups excluding carboxylic acids is 3. The van der Waals surface area contributed by atoms with Gasteiger partial charge >= 0.3 is 18.2 Å². The zero-order chi connectivity index (χ0) is 17.2.